The zero-order valence-electron chi connectivity index (χ0n) is 27.1. The molecule has 246 valence electrons. The Hall–Kier alpha value is -5.88. The fourth-order valence-corrected chi connectivity index (χ4v) is 5.78. The SMILES string of the molecule is CN/C(C)=C(\C(C)=N)c1[nH]c2ccc(OC)cc2c1/C=C1\Oc2ccc(NC(=O)Nc3ccc(C(=O)N4CCOCC4)cc3)cc2C1=O. The third kappa shape index (κ3) is 6.38. The van der Waals surface area contributed by atoms with E-state index in [-0.39, 0.29) is 17.4 Å². The lowest BCUT2D eigenvalue weighted by atomic mass is 9.99. The molecule has 3 heterocycles. The molecule has 1 aromatic heterocycles. The van der Waals surface area contributed by atoms with E-state index in [2.05, 4.69) is 20.9 Å². The lowest BCUT2D eigenvalue weighted by Gasteiger charge is -2.26. The van der Waals surface area contributed by atoms with Crippen molar-refractivity contribution in [2.24, 2.45) is 0 Å². The normalized spacial score (nSPS) is 15.5. The number of hydrogen-bond acceptors (Lipinski definition) is 8. The molecule has 0 spiro atoms. The third-order valence-electron chi connectivity index (χ3n) is 8.31. The van der Waals surface area contributed by atoms with Crippen LogP contribution in [-0.2, 0) is 4.74 Å². The summed E-state index contributed by atoms with van der Waals surface area (Å²) in [6, 6.07) is 16.6. The molecule has 3 amide bonds. The van der Waals surface area contributed by atoms with Gasteiger partial charge in [-0.3, -0.25) is 9.59 Å². The zero-order valence-corrected chi connectivity index (χ0v) is 27.1. The molecule has 1 fully saturated rings. The molecule has 0 saturated carbocycles. The monoisotopic (exact) mass is 648 g/mol. The first kappa shape index (κ1) is 32.1. The molecule has 0 radical (unpaired) electrons. The molecule has 5 N–H and O–H groups in total. The number of rotatable bonds is 8. The first-order chi connectivity index (χ1) is 23.2. The number of urea groups is 1. The van der Waals surface area contributed by atoms with Crippen molar-refractivity contribution in [2.75, 3.05) is 51.1 Å². The number of H-pyrrole nitrogens is 1. The van der Waals surface area contributed by atoms with Crippen LogP contribution in [-0.4, -0.2) is 73.8 Å². The number of aromatic nitrogens is 1. The molecular weight excluding hydrogens is 612 g/mol. The molecule has 0 atom stereocenters. The predicted octanol–water partition coefficient (Wildman–Crippen LogP) is 5.90. The Morgan fingerprint density at radius 3 is 2.38 bits per heavy atom. The molecule has 3 aromatic carbocycles. The van der Waals surface area contributed by atoms with Crippen LogP contribution in [0.3, 0.4) is 0 Å². The van der Waals surface area contributed by atoms with Gasteiger partial charge in [0.25, 0.3) is 5.91 Å². The average Bonchev–Trinajstić information content (AvgIpc) is 3.60. The maximum absolute atomic E-state index is 13.7. The summed E-state index contributed by atoms with van der Waals surface area (Å²) >= 11 is 0. The summed E-state index contributed by atoms with van der Waals surface area (Å²) in [4.78, 5) is 44.4. The van der Waals surface area contributed by atoms with Gasteiger partial charge >= 0.3 is 6.03 Å². The Kier molecular flexibility index (Phi) is 9.00. The van der Waals surface area contributed by atoms with Gasteiger partial charge in [0.1, 0.15) is 11.5 Å². The van der Waals surface area contributed by atoms with Crippen molar-refractivity contribution < 1.29 is 28.6 Å². The number of morpholine rings is 1. The van der Waals surface area contributed by atoms with Crippen molar-refractivity contribution in [3.8, 4) is 11.5 Å². The van der Waals surface area contributed by atoms with Gasteiger partial charge in [-0.2, -0.15) is 0 Å². The highest BCUT2D eigenvalue weighted by molar-refractivity contribution is 6.24. The number of hydrogen-bond donors (Lipinski definition) is 5. The Labute approximate surface area is 277 Å². The van der Waals surface area contributed by atoms with Gasteiger partial charge in [0, 0.05) is 70.5 Å². The Balaban J connectivity index is 1.22. The summed E-state index contributed by atoms with van der Waals surface area (Å²) in [6.45, 7) is 5.72. The van der Waals surface area contributed by atoms with E-state index in [0.717, 1.165) is 16.6 Å². The highest BCUT2D eigenvalue weighted by atomic mass is 16.5. The molecule has 48 heavy (non-hydrogen) atoms. The molecule has 12 heteroatoms. The van der Waals surface area contributed by atoms with Gasteiger partial charge in [-0.15, -0.1) is 0 Å². The van der Waals surface area contributed by atoms with E-state index < -0.39 is 6.03 Å². The van der Waals surface area contributed by atoms with Crippen LogP contribution in [0.2, 0.25) is 0 Å². The highest BCUT2D eigenvalue weighted by Crippen LogP contribution is 2.38. The fraction of sp³-hybridized carbons (Fsp3) is 0.222. The molecular formula is C36H36N6O6. The Bertz CT molecular complexity index is 2000. The molecule has 0 aliphatic carbocycles. The van der Waals surface area contributed by atoms with E-state index >= 15 is 0 Å². The minimum Gasteiger partial charge on any atom is -0.497 e. The molecule has 12 nitrogen and oxygen atoms in total. The number of Topliss-reactive ketones (excluding diaryl/α,β-unsaturated/α-hetero) is 1. The van der Waals surface area contributed by atoms with E-state index in [1.54, 1.807) is 74.5 Å². The number of carbonyl (C=O) groups is 3. The summed E-state index contributed by atoms with van der Waals surface area (Å²) in [6.07, 6.45) is 1.68. The second kappa shape index (κ2) is 13.5. The van der Waals surface area contributed by atoms with E-state index in [1.165, 1.54) is 0 Å². The van der Waals surface area contributed by atoms with Gasteiger partial charge < -0.3 is 45.5 Å². The van der Waals surface area contributed by atoms with Gasteiger partial charge in [-0.1, -0.05) is 0 Å². The number of ketones is 1. The fourth-order valence-electron chi connectivity index (χ4n) is 5.78. The Morgan fingerprint density at radius 1 is 0.979 bits per heavy atom. The van der Waals surface area contributed by atoms with E-state index in [9.17, 15) is 14.4 Å². The third-order valence-corrected chi connectivity index (χ3v) is 8.31. The first-order valence-corrected chi connectivity index (χ1v) is 15.4. The van der Waals surface area contributed by atoms with Crippen molar-refractivity contribution in [3.63, 3.8) is 0 Å². The molecule has 1 saturated heterocycles. The first-order valence-electron chi connectivity index (χ1n) is 15.4. The summed E-state index contributed by atoms with van der Waals surface area (Å²) in [7, 11) is 3.38. The molecule has 0 unspecified atom stereocenters. The quantitative estimate of drug-likeness (QED) is 0.118. The van der Waals surface area contributed by atoms with Gasteiger partial charge in [0.15, 0.2) is 5.76 Å². The van der Waals surface area contributed by atoms with Gasteiger partial charge in [-0.05, 0) is 80.6 Å². The summed E-state index contributed by atoms with van der Waals surface area (Å²) in [5.74, 6) is 0.682. The van der Waals surface area contributed by atoms with Crippen molar-refractivity contribution in [1.29, 1.82) is 5.41 Å². The van der Waals surface area contributed by atoms with Gasteiger partial charge in [0.05, 0.1) is 31.6 Å². The average molecular weight is 649 g/mol. The van der Waals surface area contributed by atoms with Crippen LogP contribution in [0.15, 0.2) is 72.1 Å². The minimum absolute atomic E-state index is 0.0804. The van der Waals surface area contributed by atoms with Crippen LogP contribution in [0.1, 0.15) is 45.8 Å². The van der Waals surface area contributed by atoms with Crippen molar-refractivity contribution in [2.45, 2.75) is 13.8 Å². The molecule has 6 rings (SSSR count). The van der Waals surface area contributed by atoms with Crippen molar-refractivity contribution >= 4 is 57.4 Å². The predicted molar refractivity (Wildman–Crippen MR) is 185 cm³/mol. The second-order valence-electron chi connectivity index (χ2n) is 11.4. The largest absolute Gasteiger partial charge is 0.497 e. The second-order valence-corrected chi connectivity index (χ2v) is 11.4. The maximum atomic E-state index is 13.7. The van der Waals surface area contributed by atoms with Crippen molar-refractivity contribution in [1.82, 2.24) is 15.2 Å². The van der Waals surface area contributed by atoms with E-state index in [0.29, 0.717) is 82.8 Å². The summed E-state index contributed by atoms with van der Waals surface area (Å²) in [5, 5.41) is 17.9. The zero-order chi connectivity index (χ0) is 33.9. The number of benzene rings is 3. The van der Waals surface area contributed by atoms with Crippen LogP contribution < -0.4 is 25.4 Å². The van der Waals surface area contributed by atoms with Crippen LogP contribution >= 0.6 is 0 Å². The van der Waals surface area contributed by atoms with Gasteiger partial charge in [-0.25, -0.2) is 4.79 Å². The van der Waals surface area contributed by atoms with E-state index in [1.807, 2.05) is 25.1 Å². The number of nitrogens with one attached hydrogen (secondary N) is 5. The molecule has 0 bridgehead atoms. The highest BCUT2D eigenvalue weighted by Gasteiger charge is 2.29. The number of nitrogens with zero attached hydrogens (tertiary/aromatic N) is 1. The maximum Gasteiger partial charge on any atom is 0.323 e. The smallest absolute Gasteiger partial charge is 0.323 e. The number of ether oxygens (including phenoxy) is 3. The topological polar surface area (TPSA) is 158 Å². The number of methoxy groups -OCH3 is 1. The lowest BCUT2D eigenvalue weighted by Crippen LogP contribution is -2.40. The van der Waals surface area contributed by atoms with Gasteiger partial charge in [0.2, 0.25) is 5.78 Å². The van der Waals surface area contributed by atoms with Crippen LogP contribution in [0.25, 0.3) is 22.6 Å². The Morgan fingerprint density at radius 2 is 1.69 bits per heavy atom. The van der Waals surface area contributed by atoms with E-state index in [4.69, 9.17) is 19.6 Å². The number of fused-ring (bicyclic) bond motifs is 2. The number of carbonyl (C=O) groups excluding carboxylic acids is 3. The van der Waals surface area contributed by atoms with Crippen LogP contribution in [0.5, 0.6) is 11.5 Å². The van der Waals surface area contributed by atoms with Crippen LogP contribution in [0.4, 0.5) is 16.2 Å². The molecule has 4 aromatic rings. The van der Waals surface area contributed by atoms with Crippen molar-refractivity contribution in [3.05, 3.63) is 94.5 Å². The summed E-state index contributed by atoms with van der Waals surface area (Å²) in [5.41, 5.74) is 5.66. The number of anilines is 2. The minimum atomic E-state index is -0.511. The summed E-state index contributed by atoms with van der Waals surface area (Å²) < 4.78 is 16.8. The number of allylic oxidation sites excluding steroid dienone is 3. The number of aromatic amines is 1. The van der Waals surface area contributed by atoms with Crippen LogP contribution in [0, 0.1) is 5.41 Å². The lowest BCUT2D eigenvalue weighted by molar-refractivity contribution is 0.0303. The molecule has 2 aliphatic heterocycles. The number of amides is 3. The molecule has 2 aliphatic rings. The standard InChI is InChI=1S/C36H36N6O6/c1-20(37)32(21(2)38-3)33-27(26-18-25(46-4)10-11-29(26)41-33)19-31-34(43)28-17-24(9-12-30(28)48-31)40-36(45)39-23-7-5-22(6-8-23)35(44)42-13-15-47-16-14-42/h5-12,17-19,37-38,41H,13-16H2,1-4H3,(H2,39,40,45)/b31-19-,32-21+,37-20?.